The topological polar surface area (TPSA) is 70.1 Å². The molecule has 0 aromatic heterocycles. The van der Waals surface area contributed by atoms with Crippen LogP contribution in [0.1, 0.15) is 42.5 Å². The molecule has 0 radical (unpaired) electrons. The van der Waals surface area contributed by atoms with Crippen molar-refractivity contribution in [2.24, 2.45) is 5.41 Å². The van der Waals surface area contributed by atoms with Crippen molar-refractivity contribution in [2.45, 2.75) is 32.1 Å². The van der Waals surface area contributed by atoms with E-state index in [-0.39, 0.29) is 23.0 Å². The lowest BCUT2D eigenvalue weighted by molar-refractivity contribution is -0.144. The number of amides is 2. The fraction of sp³-hybridized carbons (Fsp3) is 0.600. The zero-order valence-corrected chi connectivity index (χ0v) is 15.4. The van der Waals surface area contributed by atoms with Gasteiger partial charge in [-0.1, -0.05) is 12.8 Å². The van der Waals surface area contributed by atoms with Crippen molar-refractivity contribution in [1.29, 1.82) is 0 Å². The van der Waals surface area contributed by atoms with Gasteiger partial charge in [0.1, 0.15) is 5.75 Å². The number of piperazine rings is 1. The summed E-state index contributed by atoms with van der Waals surface area (Å²) < 4.78 is 5.23. The zero-order valence-electron chi connectivity index (χ0n) is 15.4. The normalized spacial score (nSPS) is 19.6. The van der Waals surface area contributed by atoms with Gasteiger partial charge in [-0.25, -0.2) is 0 Å². The standard InChI is InChI=1S/C20H28N2O4/c1-26-15-10-20(8-2-3-9-20)19(25)22-13-11-21(12-14-22)18(24)16-4-6-17(23)7-5-16/h4-7,23H,2-3,8-15H2,1H3. The van der Waals surface area contributed by atoms with Gasteiger partial charge in [-0.15, -0.1) is 0 Å². The molecule has 1 aromatic carbocycles. The minimum Gasteiger partial charge on any atom is -0.508 e. The summed E-state index contributed by atoms with van der Waals surface area (Å²) in [5.41, 5.74) is 0.300. The summed E-state index contributed by atoms with van der Waals surface area (Å²) in [6.07, 6.45) is 4.89. The van der Waals surface area contributed by atoms with E-state index in [1.54, 1.807) is 24.1 Å². The number of hydrogen-bond acceptors (Lipinski definition) is 4. The Morgan fingerprint density at radius 3 is 2.19 bits per heavy atom. The molecule has 0 bridgehead atoms. The molecule has 1 aromatic rings. The van der Waals surface area contributed by atoms with Crippen LogP contribution < -0.4 is 0 Å². The number of ether oxygens (including phenoxy) is 1. The highest BCUT2D eigenvalue weighted by Crippen LogP contribution is 2.42. The van der Waals surface area contributed by atoms with Crippen LogP contribution in [0.2, 0.25) is 0 Å². The third kappa shape index (κ3) is 3.85. The van der Waals surface area contributed by atoms with Crippen molar-refractivity contribution < 1.29 is 19.4 Å². The largest absolute Gasteiger partial charge is 0.508 e. The van der Waals surface area contributed by atoms with Crippen LogP contribution in [0.4, 0.5) is 0 Å². The van der Waals surface area contributed by atoms with Crippen molar-refractivity contribution in [3.05, 3.63) is 29.8 Å². The second-order valence-corrected chi connectivity index (χ2v) is 7.36. The van der Waals surface area contributed by atoms with Gasteiger partial charge in [0, 0.05) is 45.5 Å². The quantitative estimate of drug-likeness (QED) is 0.875. The van der Waals surface area contributed by atoms with E-state index in [0.717, 1.165) is 32.1 Å². The summed E-state index contributed by atoms with van der Waals surface area (Å²) >= 11 is 0. The van der Waals surface area contributed by atoms with Crippen LogP contribution >= 0.6 is 0 Å². The lowest BCUT2D eigenvalue weighted by Crippen LogP contribution is -2.54. The summed E-state index contributed by atoms with van der Waals surface area (Å²) in [4.78, 5) is 29.4. The minimum atomic E-state index is -0.265. The number of phenolic OH excluding ortho intramolecular Hbond substituents is 1. The van der Waals surface area contributed by atoms with Gasteiger partial charge in [0.15, 0.2) is 0 Å². The third-order valence-electron chi connectivity index (χ3n) is 5.77. The molecule has 0 spiro atoms. The van der Waals surface area contributed by atoms with Gasteiger partial charge in [-0.3, -0.25) is 9.59 Å². The van der Waals surface area contributed by atoms with Gasteiger partial charge in [0.05, 0.1) is 5.41 Å². The number of methoxy groups -OCH3 is 1. The number of carbonyl (C=O) groups excluding carboxylic acids is 2. The van der Waals surface area contributed by atoms with Gasteiger partial charge < -0.3 is 19.6 Å². The van der Waals surface area contributed by atoms with E-state index in [0.29, 0.717) is 38.3 Å². The van der Waals surface area contributed by atoms with Crippen molar-refractivity contribution in [1.82, 2.24) is 9.80 Å². The summed E-state index contributed by atoms with van der Waals surface area (Å²) in [6.45, 7) is 2.87. The van der Waals surface area contributed by atoms with Crippen LogP contribution in [0.25, 0.3) is 0 Å². The van der Waals surface area contributed by atoms with Gasteiger partial charge in [-0.05, 0) is 43.5 Å². The van der Waals surface area contributed by atoms with E-state index in [2.05, 4.69) is 0 Å². The molecule has 3 rings (SSSR count). The monoisotopic (exact) mass is 360 g/mol. The molecular weight excluding hydrogens is 332 g/mol. The van der Waals surface area contributed by atoms with E-state index in [1.807, 2.05) is 4.90 Å². The maximum absolute atomic E-state index is 13.2. The van der Waals surface area contributed by atoms with Crippen LogP contribution in [0.15, 0.2) is 24.3 Å². The van der Waals surface area contributed by atoms with E-state index < -0.39 is 0 Å². The number of rotatable bonds is 5. The molecule has 1 aliphatic heterocycles. The van der Waals surface area contributed by atoms with Crippen LogP contribution in [0.5, 0.6) is 5.75 Å². The van der Waals surface area contributed by atoms with Gasteiger partial charge in [-0.2, -0.15) is 0 Å². The molecule has 2 aliphatic rings. The van der Waals surface area contributed by atoms with Gasteiger partial charge in [0.2, 0.25) is 5.91 Å². The molecule has 6 nitrogen and oxygen atoms in total. The van der Waals surface area contributed by atoms with Crippen LogP contribution in [-0.4, -0.2) is 66.6 Å². The highest BCUT2D eigenvalue weighted by molar-refractivity contribution is 5.94. The van der Waals surface area contributed by atoms with E-state index in [1.165, 1.54) is 12.1 Å². The second kappa shape index (κ2) is 8.08. The molecule has 2 fully saturated rings. The Morgan fingerprint density at radius 1 is 1.04 bits per heavy atom. The fourth-order valence-electron chi connectivity index (χ4n) is 4.15. The Labute approximate surface area is 154 Å². The Kier molecular flexibility index (Phi) is 5.81. The first kappa shape index (κ1) is 18.7. The predicted octanol–water partition coefficient (Wildman–Crippen LogP) is 2.27. The molecule has 1 N–H and O–H groups in total. The Morgan fingerprint density at radius 2 is 1.62 bits per heavy atom. The number of benzene rings is 1. The van der Waals surface area contributed by atoms with Gasteiger partial charge >= 0.3 is 0 Å². The first-order valence-electron chi connectivity index (χ1n) is 9.42. The van der Waals surface area contributed by atoms with Crippen LogP contribution in [0, 0.1) is 5.41 Å². The Hall–Kier alpha value is -2.08. The smallest absolute Gasteiger partial charge is 0.253 e. The number of carbonyl (C=O) groups is 2. The number of nitrogens with zero attached hydrogens (tertiary/aromatic N) is 2. The SMILES string of the molecule is COCCC1(C(=O)N2CCN(C(=O)c3ccc(O)cc3)CC2)CCCC1. The number of hydrogen-bond donors (Lipinski definition) is 1. The summed E-state index contributed by atoms with van der Waals surface area (Å²) in [5.74, 6) is 0.339. The molecule has 1 aliphatic carbocycles. The number of aromatic hydroxyl groups is 1. The minimum absolute atomic E-state index is 0.0490. The summed E-state index contributed by atoms with van der Waals surface area (Å²) in [7, 11) is 1.68. The average molecular weight is 360 g/mol. The molecule has 0 unspecified atom stereocenters. The molecule has 1 heterocycles. The molecule has 6 heteroatoms. The molecule has 2 amide bonds. The van der Waals surface area contributed by atoms with Crippen molar-refractivity contribution in [3.8, 4) is 5.75 Å². The maximum Gasteiger partial charge on any atom is 0.253 e. The molecule has 26 heavy (non-hydrogen) atoms. The number of phenols is 1. The third-order valence-corrected chi connectivity index (χ3v) is 5.77. The first-order chi connectivity index (χ1) is 12.6. The summed E-state index contributed by atoms with van der Waals surface area (Å²) in [6, 6.07) is 6.31. The molecule has 0 atom stereocenters. The molecule has 142 valence electrons. The summed E-state index contributed by atoms with van der Waals surface area (Å²) in [5, 5.41) is 9.36. The first-order valence-corrected chi connectivity index (χ1v) is 9.42. The second-order valence-electron chi connectivity index (χ2n) is 7.36. The van der Waals surface area contributed by atoms with Crippen LogP contribution in [0.3, 0.4) is 0 Å². The van der Waals surface area contributed by atoms with Gasteiger partial charge in [0.25, 0.3) is 5.91 Å². The predicted molar refractivity (Wildman–Crippen MR) is 98.0 cm³/mol. The molecule has 1 saturated carbocycles. The van der Waals surface area contributed by atoms with Crippen LogP contribution in [-0.2, 0) is 9.53 Å². The van der Waals surface area contributed by atoms with Crippen molar-refractivity contribution in [2.75, 3.05) is 39.9 Å². The fourth-order valence-corrected chi connectivity index (χ4v) is 4.15. The average Bonchev–Trinajstić information content (AvgIpc) is 3.16. The lowest BCUT2D eigenvalue weighted by Gasteiger charge is -2.40. The highest BCUT2D eigenvalue weighted by atomic mass is 16.5. The maximum atomic E-state index is 13.2. The van der Waals surface area contributed by atoms with Crippen molar-refractivity contribution in [3.63, 3.8) is 0 Å². The molecule has 1 saturated heterocycles. The Bertz CT molecular complexity index is 630. The van der Waals surface area contributed by atoms with Crippen molar-refractivity contribution >= 4 is 11.8 Å². The highest BCUT2D eigenvalue weighted by Gasteiger charge is 2.43. The lowest BCUT2D eigenvalue weighted by atomic mass is 9.81. The zero-order chi connectivity index (χ0) is 18.6. The molecular formula is C20H28N2O4. The van der Waals surface area contributed by atoms with E-state index >= 15 is 0 Å². The van der Waals surface area contributed by atoms with E-state index in [4.69, 9.17) is 4.74 Å². The Balaban J connectivity index is 1.59. The van der Waals surface area contributed by atoms with E-state index in [9.17, 15) is 14.7 Å².